The van der Waals surface area contributed by atoms with Crippen molar-refractivity contribution in [3.8, 4) is 11.4 Å². The number of carbonyl (C=O) groups excluding carboxylic acids is 1. The van der Waals surface area contributed by atoms with Crippen molar-refractivity contribution in [1.82, 2.24) is 19.4 Å². The maximum absolute atomic E-state index is 13.0. The number of imidazole rings is 1. The average Bonchev–Trinajstić information content (AvgIpc) is 3.08. The van der Waals surface area contributed by atoms with E-state index in [-0.39, 0.29) is 18.6 Å². The van der Waals surface area contributed by atoms with Gasteiger partial charge in [-0.2, -0.15) is 0 Å². The Labute approximate surface area is 161 Å². The van der Waals surface area contributed by atoms with E-state index in [4.69, 9.17) is 0 Å². The number of amides is 1. The van der Waals surface area contributed by atoms with Crippen molar-refractivity contribution in [1.29, 1.82) is 0 Å². The number of aromatic nitrogens is 2. The van der Waals surface area contributed by atoms with Crippen molar-refractivity contribution in [2.75, 3.05) is 32.8 Å². The highest BCUT2D eigenvalue weighted by molar-refractivity contribution is 5.94. The van der Waals surface area contributed by atoms with E-state index < -0.39 is 0 Å². The number of hydrogen-bond acceptors (Lipinski definition) is 4. The zero-order chi connectivity index (χ0) is 19.4. The Morgan fingerprint density at radius 3 is 2.59 bits per heavy atom. The minimum atomic E-state index is 0.0635. The second kappa shape index (κ2) is 8.67. The number of aliphatic hydroxyl groups excluding tert-OH is 1. The van der Waals surface area contributed by atoms with Crippen molar-refractivity contribution in [3.05, 3.63) is 42.2 Å². The average molecular weight is 370 g/mol. The first kappa shape index (κ1) is 19.6. The summed E-state index contributed by atoms with van der Waals surface area (Å²) in [6.45, 7) is 7.83. The first-order chi connectivity index (χ1) is 13.0. The highest BCUT2D eigenvalue weighted by Gasteiger charge is 2.29. The molecule has 1 fully saturated rings. The van der Waals surface area contributed by atoms with Crippen molar-refractivity contribution >= 4 is 5.91 Å². The minimum Gasteiger partial charge on any atom is -0.396 e. The van der Waals surface area contributed by atoms with Crippen LogP contribution in [-0.2, 0) is 7.05 Å². The van der Waals surface area contributed by atoms with Crippen LogP contribution in [0.1, 0.15) is 30.6 Å². The van der Waals surface area contributed by atoms with Crippen molar-refractivity contribution in [2.24, 2.45) is 13.0 Å². The van der Waals surface area contributed by atoms with E-state index in [0.29, 0.717) is 24.4 Å². The van der Waals surface area contributed by atoms with E-state index in [1.54, 1.807) is 6.20 Å². The molecule has 2 aromatic rings. The zero-order valence-electron chi connectivity index (χ0n) is 16.5. The molecule has 0 aliphatic carbocycles. The zero-order valence-corrected chi connectivity index (χ0v) is 16.5. The van der Waals surface area contributed by atoms with Crippen molar-refractivity contribution < 1.29 is 9.90 Å². The van der Waals surface area contributed by atoms with Crippen molar-refractivity contribution in [3.63, 3.8) is 0 Å². The Hall–Kier alpha value is -2.18. The molecule has 0 saturated carbocycles. The van der Waals surface area contributed by atoms with Crippen LogP contribution in [0, 0.1) is 5.92 Å². The predicted octanol–water partition coefficient (Wildman–Crippen LogP) is 2.25. The molecule has 1 amide bonds. The number of carbonyl (C=O) groups is 1. The van der Waals surface area contributed by atoms with Crippen LogP contribution in [0.25, 0.3) is 11.4 Å². The monoisotopic (exact) mass is 370 g/mol. The molecule has 146 valence electrons. The van der Waals surface area contributed by atoms with E-state index in [1.807, 2.05) is 47.0 Å². The molecule has 0 radical (unpaired) electrons. The fourth-order valence-electron chi connectivity index (χ4n) is 3.80. The fourth-order valence-corrected chi connectivity index (χ4v) is 3.80. The maximum Gasteiger partial charge on any atom is 0.253 e. The number of piperazine rings is 1. The minimum absolute atomic E-state index is 0.0635. The summed E-state index contributed by atoms with van der Waals surface area (Å²) in [4.78, 5) is 21.7. The van der Waals surface area contributed by atoms with Gasteiger partial charge in [0.1, 0.15) is 5.82 Å². The molecule has 3 rings (SSSR count). The lowest BCUT2D eigenvalue weighted by Crippen LogP contribution is -2.55. The molecule has 1 aliphatic heterocycles. The lowest BCUT2D eigenvalue weighted by atomic mass is 10.0. The SMILES string of the molecule is CC(C)CN1CCN(C(=O)c2ccc(-c3nccn3C)cc2)CC1CCO. The van der Waals surface area contributed by atoms with Gasteiger partial charge in [0.15, 0.2) is 0 Å². The van der Waals surface area contributed by atoms with Gasteiger partial charge in [-0.15, -0.1) is 0 Å². The largest absolute Gasteiger partial charge is 0.396 e. The Balaban J connectivity index is 1.69. The third kappa shape index (κ3) is 4.57. The van der Waals surface area contributed by atoms with Gasteiger partial charge in [0.05, 0.1) is 0 Å². The van der Waals surface area contributed by atoms with Crippen LogP contribution < -0.4 is 0 Å². The molecular weight excluding hydrogens is 340 g/mol. The Morgan fingerprint density at radius 2 is 2.00 bits per heavy atom. The van der Waals surface area contributed by atoms with E-state index in [0.717, 1.165) is 31.0 Å². The number of nitrogens with zero attached hydrogens (tertiary/aromatic N) is 4. The van der Waals surface area contributed by atoms with Crippen LogP contribution >= 0.6 is 0 Å². The van der Waals surface area contributed by atoms with Crippen LogP contribution in [-0.4, -0.2) is 69.2 Å². The number of aliphatic hydroxyl groups is 1. The van der Waals surface area contributed by atoms with Gasteiger partial charge in [-0.3, -0.25) is 9.69 Å². The summed E-state index contributed by atoms with van der Waals surface area (Å²) in [5.41, 5.74) is 1.70. The molecule has 6 nitrogen and oxygen atoms in total. The number of benzene rings is 1. The molecular formula is C21H30N4O2. The molecule has 1 aromatic heterocycles. The van der Waals surface area contributed by atoms with Crippen LogP contribution in [0.4, 0.5) is 0 Å². The number of rotatable bonds is 6. The standard InChI is InChI=1S/C21H30N4O2/c1-16(2)14-24-11-12-25(15-19(24)8-13-26)21(27)18-6-4-17(5-7-18)20-22-9-10-23(20)3/h4-7,9-10,16,19,26H,8,11-15H2,1-3H3. The highest BCUT2D eigenvalue weighted by atomic mass is 16.3. The number of hydrogen-bond donors (Lipinski definition) is 1. The summed E-state index contributed by atoms with van der Waals surface area (Å²) in [6, 6.07) is 7.90. The first-order valence-corrected chi connectivity index (χ1v) is 9.71. The molecule has 2 heterocycles. The second-order valence-electron chi connectivity index (χ2n) is 7.75. The third-order valence-corrected chi connectivity index (χ3v) is 5.17. The Kier molecular flexibility index (Phi) is 6.29. The van der Waals surface area contributed by atoms with E-state index in [9.17, 15) is 9.90 Å². The van der Waals surface area contributed by atoms with Crippen LogP contribution in [0.2, 0.25) is 0 Å². The summed E-state index contributed by atoms with van der Waals surface area (Å²) >= 11 is 0. The van der Waals surface area contributed by atoms with Crippen LogP contribution in [0.15, 0.2) is 36.7 Å². The molecule has 0 bridgehead atoms. The normalized spacial score (nSPS) is 18.3. The third-order valence-electron chi connectivity index (χ3n) is 5.17. The Bertz CT molecular complexity index is 754. The van der Waals surface area contributed by atoms with Crippen LogP contribution in [0.5, 0.6) is 0 Å². The summed E-state index contributed by atoms with van der Waals surface area (Å²) in [6.07, 6.45) is 4.38. The Morgan fingerprint density at radius 1 is 1.26 bits per heavy atom. The van der Waals surface area contributed by atoms with Gasteiger partial charge in [-0.25, -0.2) is 4.98 Å². The maximum atomic E-state index is 13.0. The predicted molar refractivity (Wildman–Crippen MR) is 106 cm³/mol. The lowest BCUT2D eigenvalue weighted by Gasteiger charge is -2.42. The van der Waals surface area contributed by atoms with Gasteiger partial charge >= 0.3 is 0 Å². The van der Waals surface area contributed by atoms with Gasteiger partial charge in [0, 0.05) is 69.4 Å². The summed E-state index contributed by atoms with van der Waals surface area (Å²) < 4.78 is 1.96. The molecule has 1 aromatic carbocycles. The fraction of sp³-hybridized carbons (Fsp3) is 0.524. The molecule has 1 aliphatic rings. The second-order valence-corrected chi connectivity index (χ2v) is 7.75. The molecule has 6 heteroatoms. The molecule has 0 spiro atoms. The molecule has 27 heavy (non-hydrogen) atoms. The number of aryl methyl sites for hydroxylation is 1. The van der Waals surface area contributed by atoms with Gasteiger partial charge < -0.3 is 14.6 Å². The topological polar surface area (TPSA) is 61.6 Å². The summed E-state index contributed by atoms with van der Waals surface area (Å²) in [5, 5.41) is 9.42. The van der Waals surface area contributed by atoms with E-state index in [1.165, 1.54) is 0 Å². The van der Waals surface area contributed by atoms with E-state index >= 15 is 0 Å². The summed E-state index contributed by atoms with van der Waals surface area (Å²) in [5.74, 6) is 1.53. The molecule has 1 atom stereocenters. The molecule has 1 N–H and O–H groups in total. The molecule has 1 saturated heterocycles. The molecule has 1 unspecified atom stereocenters. The van der Waals surface area contributed by atoms with Gasteiger partial charge in [0.25, 0.3) is 5.91 Å². The van der Waals surface area contributed by atoms with Crippen molar-refractivity contribution in [2.45, 2.75) is 26.3 Å². The quantitative estimate of drug-likeness (QED) is 0.847. The van der Waals surface area contributed by atoms with Gasteiger partial charge in [-0.05, 0) is 24.5 Å². The van der Waals surface area contributed by atoms with E-state index in [2.05, 4.69) is 23.7 Å². The highest BCUT2D eigenvalue weighted by Crippen LogP contribution is 2.20. The first-order valence-electron chi connectivity index (χ1n) is 9.71. The smallest absolute Gasteiger partial charge is 0.253 e. The summed E-state index contributed by atoms with van der Waals surface area (Å²) in [7, 11) is 1.96. The lowest BCUT2D eigenvalue weighted by molar-refractivity contribution is 0.0384. The van der Waals surface area contributed by atoms with Gasteiger partial charge in [-0.1, -0.05) is 26.0 Å². The van der Waals surface area contributed by atoms with Gasteiger partial charge in [0.2, 0.25) is 0 Å². The van der Waals surface area contributed by atoms with Crippen LogP contribution in [0.3, 0.4) is 0 Å².